The molecule has 110 valence electrons. The quantitative estimate of drug-likeness (QED) is 0.584. The highest BCUT2D eigenvalue weighted by Crippen LogP contribution is 2.29. The minimum absolute atomic E-state index is 0.0356. The van der Waals surface area contributed by atoms with Crippen molar-refractivity contribution in [3.8, 4) is 5.75 Å². The van der Waals surface area contributed by atoms with E-state index < -0.39 is 10.0 Å². The molecule has 5 nitrogen and oxygen atoms in total. The molecule has 0 spiro atoms. The first-order chi connectivity index (χ1) is 9.53. The zero-order chi connectivity index (χ0) is 14.6. The lowest BCUT2D eigenvalue weighted by atomic mass is 10.3. The van der Waals surface area contributed by atoms with Crippen LogP contribution >= 0.6 is 0 Å². The van der Waals surface area contributed by atoms with Gasteiger partial charge in [0, 0.05) is 24.3 Å². The molecule has 0 saturated heterocycles. The summed E-state index contributed by atoms with van der Waals surface area (Å²) in [6.45, 7) is 4.09. The van der Waals surface area contributed by atoms with Crippen molar-refractivity contribution in [3.63, 3.8) is 0 Å². The van der Waals surface area contributed by atoms with Crippen LogP contribution in [0.4, 0.5) is 5.69 Å². The Balaban J connectivity index is 1.90. The van der Waals surface area contributed by atoms with Crippen molar-refractivity contribution < 1.29 is 13.2 Å². The van der Waals surface area contributed by atoms with Crippen LogP contribution in [-0.2, 0) is 10.0 Å². The minimum atomic E-state index is -3.30. The Morgan fingerprint density at radius 2 is 2.20 bits per heavy atom. The van der Waals surface area contributed by atoms with Crippen molar-refractivity contribution in [2.75, 3.05) is 24.6 Å². The average Bonchev–Trinajstić information content (AvgIpc) is 3.20. The van der Waals surface area contributed by atoms with Gasteiger partial charge in [0.25, 0.3) is 0 Å². The van der Waals surface area contributed by atoms with Gasteiger partial charge in [-0.15, -0.1) is 6.58 Å². The number of hydrogen-bond donors (Lipinski definition) is 1. The Morgan fingerprint density at radius 3 is 2.80 bits per heavy atom. The van der Waals surface area contributed by atoms with Crippen LogP contribution in [0.5, 0.6) is 5.75 Å². The fourth-order valence-corrected chi connectivity index (χ4v) is 3.49. The summed E-state index contributed by atoms with van der Waals surface area (Å²) in [5.74, 6) is 0.550. The molecule has 20 heavy (non-hydrogen) atoms. The molecule has 0 aliphatic heterocycles. The van der Waals surface area contributed by atoms with E-state index in [9.17, 15) is 8.42 Å². The van der Waals surface area contributed by atoms with Crippen LogP contribution in [0.2, 0.25) is 0 Å². The largest absolute Gasteiger partial charge is 0.492 e. The monoisotopic (exact) mass is 296 g/mol. The van der Waals surface area contributed by atoms with Crippen LogP contribution in [-0.4, -0.2) is 37.7 Å². The Kier molecular flexibility index (Phi) is 4.67. The van der Waals surface area contributed by atoms with Gasteiger partial charge in [0.05, 0.1) is 5.75 Å². The van der Waals surface area contributed by atoms with Crippen LogP contribution in [0.1, 0.15) is 12.8 Å². The van der Waals surface area contributed by atoms with Gasteiger partial charge in [0.15, 0.2) is 0 Å². The number of nitrogens with zero attached hydrogens (tertiary/aromatic N) is 1. The molecule has 1 saturated carbocycles. The normalized spacial score (nSPS) is 15.2. The second-order valence-electron chi connectivity index (χ2n) is 4.83. The number of sulfonamides is 1. The van der Waals surface area contributed by atoms with E-state index in [1.54, 1.807) is 30.3 Å². The van der Waals surface area contributed by atoms with Crippen LogP contribution in [0, 0.1) is 0 Å². The maximum absolute atomic E-state index is 12.2. The number of ether oxygens (including phenoxy) is 1. The van der Waals surface area contributed by atoms with Crippen molar-refractivity contribution >= 4 is 15.7 Å². The zero-order valence-corrected chi connectivity index (χ0v) is 12.2. The molecular formula is C14H20N2O3S. The van der Waals surface area contributed by atoms with Gasteiger partial charge in [-0.3, -0.25) is 0 Å². The molecule has 2 rings (SSSR count). The Hall–Kier alpha value is -1.53. The van der Waals surface area contributed by atoms with Crippen molar-refractivity contribution in [2.45, 2.75) is 18.9 Å². The number of anilines is 1. The molecule has 0 amide bonds. The molecule has 1 fully saturated rings. The van der Waals surface area contributed by atoms with Gasteiger partial charge in [-0.2, -0.15) is 4.31 Å². The Bertz CT molecular complexity index is 568. The molecule has 2 N–H and O–H groups in total. The summed E-state index contributed by atoms with van der Waals surface area (Å²) in [6.07, 6.45) is 3.49. The van der Waals surface area contributed by atoms with E-state index in [-0.39, 0.29) is 18.4 Å². The smallest absolute Gasteiger partial charge is 0.217 e. The van der Waals surface area contributed by atoms with Gasteiger partial charge in [-0.1, -0.05) is 12.1 Å². The van der Waals surface area contributed by atoms with Crippen LogP contribution < -0.4 is 10.5 Å². The lowest BCUT2D eigenvalue weighted by Crippen LogP contribution is -2.36. The number of hydrogen-bond acceptors (Lipinski definition) is 4. The molecule has 0 unspecified atom stereocenters. The second kappa shape index (κ2) is 6.28. The standard InChI is InChI=1S/C14H20N2O3S/c1-2-8-16(13-6-7-13)20(17,18)10-9-19-14-5-3-4-12(15)11-14/h2-5,11,13H,1,6-10,15H2. The molecule has 1 aromatic rings. The molecule has 0 bridgehead atoms. The van der Waals surface area contributed by atoms with E-state index >= 15 is 0 Å². The maximum atomic E-state index is 12.2. The van der Waals surface area contributed by atoms with Crippen molar-refractivity contribution in [2.24, 2.45) is 0 Å². The summed E-state index contributed by atoms with van der Waals surface area (Å²) >= 11 is 0. The van der Waals surface area contributed by atoms with Crippen molar-refractivity contribution in [3.05, 3.63) is 36.9 Å². The SMILES string of the molecule is C=CCN(C1CC1)S(=O)(=O)CCOc1cccc(N)c1. The molecule has 0 radical (unpaired) electrons. The van der Waals surface area contributed by atoms with Crippen LogP contribution in [0.3, 0.4) is 0 Å². The summed E-state index contributed by atoms with van der Waals surface area (Å²) in [5.41, 5.74) is 6.23. The fraction of sp³-hybridized carbons (Fsp3) is 0.429. The third kappa shape index (κ3) is 3.98. The van der Waals surface area contributed by atoms with Gasteiger partial charge < -0.3 is 10.5 Å². The highest BCUT2D eigenvalue weighted by atomic mass is 32.2. The molecule has 6 heteroatoms. The molecule has 0 atom stereocenters. The van der Waals surface area contributed by atoms with Gasteiger partial charge in [0.2, 0.25) is 10.0 Å². The summed E-state index contributed by atoms with van der Waals surface area (Å²) in [6, 6.07) is 7.10. The highest BCUT2D eigenvalue weighted by Gasteiger charge is 2.36. The van der Waals surface area contributed by atoms with E-state index in [2.05, 4.69) is 6.58 Å². The number of benzene rings is 1. The maximum Gasteiger partial charge on any atom is 0.217 e. The first-order valence-electron chi connectivity index (χ1n) is 6.61. The zero-order valence-electron chi connectivity index (χ0n) is 11.4. The fourth-order valence-electron chi connectivity index (χ4n) is 1.97. The topological polar surface area (TPSA) is 72.6 Å². The third-order valence-corrected chi connectivity index (χ3v) is 4.93. The molecule has 0 aromatic heterocycles. The molecule has 1 aliphatic carbocycles. The second-order valence-corrected chi connectivity index (χ2v) is 6.87. The van der Waals surface area contributed by atoms with E-state index in [1.165, 1.54) is 4.31 Å². The summed E-state index contributed by atoms with van der Waals surface area (Å²) in [5, 5.41) is 0. The molecule has 0 heterocycles. The number of rotatable bonds is 8. The van der Waals surface area contributed by atoms with Gasteiger partial charge >= 0.3 is 0 Å². The Labute approximate surface area is 120 Å². The average molecular weight is 296 g/mol. The number of nitrogen functional groups attached to an aromatic ring is 1. The molecule has 1 aromatic carbocycles. The van der Waals surface area contributed by atoms with Crippen molar-refractivity contribution in [1.82, 2.24) is 4.31 Å². The van der Waals surface area contributed by atoms with Crippen LogP contribution in [0.25, 0.3) is 0 Å². The minimum Gasteiger partial charge on any atom is -0.492 e. The summed E-state index contributed by atoms with van der Waals surface area (Å²) in [7, 11) is -3.30. The van der Waals surface area contributed by atoms with Gasteiger partial charge in [0.1, 0.15) is 12.4 Å². The van der Waals surface area contributed by atoms with E-state index in [4.69, 9.17) is 10.5 Å². The first kappa shape index (κ1) is 14.9. The highest BCUT2D eigenvalue weighted by molar-refractivity contribution is 7.89. The summed E-state index contributed by atoms with van der Waals surface area (Å²) in [4.78, 5) is 0. The van der Waals surface area contributed by atoms with E-state index in [0.29, 0.717) is 18.0 Å². The van der Waals surface area contributed by atoms with Gasteiger partial charge in [-0.25, -0.2) is 8.42 Å². The van der Waals surface area contributed by atoms with Crippen LogP contribution in [0.15, 0.2) is 36.9 Å². The van der Waals surface area contributed by atoms with Gasteiger partial charge in [-0.05, 0) is 25.0 Å². The lowest BCUT2D eigenvalue weighted by Gasteiger charge is -2.20. The third-order valence-electron chi connectivity index (χ3n) is 3.09. The number of nitrogens with two attached hydrogens (primary N) is 1. The van der Waals surface area contributed by atoms with Crippen molar-refractivity contribution in [1.29, 1.82) is 0 Å². The summed E-state index contributed by atoms with van der Waals surface area (Å²) < 4.78 is 31.4. The lowest BCUT2D eigenvalue weighted by molar-refractivity contribution is 0.335. The molecule has 1 aliphatic rings. The predicted octanol–water partition coefficient (Wildman–Crippen LogP) is 1.63. The molecular weight excluding hydrogens is 276 g/mol. The van der Waals surface area contributed by atoms with E-state index in [1.807, 2.05) is 0 Å². The Morgan fingerprint density at radius 1 is 1.45 bits per heavy atom. The first-order valence-corrected chi connectivity index (χ1v) is 8.22. The van der Waals surface area contributed by atoms with E-state index in [0.717, 1.165) is 12.8 Å². The predicted molar refractivity (Wildman–Crippen MR) is 80.1 cm³/mol.